The summed E-state index contributed by atoms with van der Waals surface area (Å²) in [5.74, 6) is 0.245. The van der Waals surface area contributed by atoms with Gasteiger partial charge in [-0.1, -0.05) is 0 Å². The van der Waals surface area contributed by atoms with Gasteiger partial charge in [-0.25, -0.2) is 13.1 Å². The van der Waals surface area contributed by atoms with E-state index in [1.165, 1.54) is 17.4 Å². The number of sulfonamides is 1. The van der Waals surface area contributed by atoms with Crippen molar-refractivity contribution in [1.82, 2.24) is 4.72 Å². The topological polar surface area (TPSA) is 75.6 Å². The maximum absolute atomic E-state index is 12.1. The Morgan fingerprint density at radius 2 is 2.39 bits per heavy atom. The Balaban J connectivity index is 2.06. The number of nitrogens with one attached hydrogen (secondary N) is 1. The molecule has 1 aliphatic heterocycles. The second-order valence-corrected chi connectivity index (χ2v) is 8.28. The Kier molecular flexibility index (Phi) is 4.79. The molecule has 5 nitrogen and oxygen atoms in total. The van der Waals surface area contributed by atoms with Gasteiger partial charge < -0.3 is 9.84 Å². The monoisotopic (exact) mass is 355 g/mol. The van der Waals surface area contributed by atoms with E-state index in [0.717, 1.165) is 6.42 Å². The minimum absolute atomic E-state index is 0.157. The highest BCUT2D eigenvalue weighted by atomic mass is 79.9. The molecule has 0 spiro atoms. The van der Waals surface area contributed by atoms with Crippen LogP contribution in [0.3, 0.4) is 0 Å². The largest absolute Gasteiger partial charge is 0.391 e. The van der Waals surface area contributed by atoms with Crippen molar-refractivity contribution in [2.75, 3.05) is 19.8 Å². The fourth-order valence-electron chi connectivity index (χ4n) is 1.71. The molecule has 0 aliphatic carbocycles. The minimum Gasteiger partial charge on any atom is -0.391 e. The molecule has 1 unspecified atom stereocenters. The summed E-state index contributed by atoms with van der Waals surface area (Å²) in [6.07, 6.45) is 0.884. The van der Waals surface area contributed by atoms with E-state index < -0.39 is 10.0 Å². The Bertz CT molecular complexity index is 508. The fourth-order valence-corrected chi connectivity index (χ4v) is 5.37. The van der Waals surface area contributed by atoms with Gasteiger partial charge in [-0.15, -0.1) is 11.3 Å². The lowest BCUT2D eigenvalue weighted by Crippen LogP contribution is -2.29. The molecule has 2 heterocycles. The van der Waals surface area contributed by atoms with Gasteiger partial charge in [0.1, 0.15) is 4.90 Å². The number of ether oxygens (including phenoxy) is 1. The van der Waals surface area contributed by atoms with E-state index >= 15 is 0 Å². The zero-order chi connectivity index (χ0) is 13.2. The van der Waals surface area contributed by atoms with Gasteiger partial charge in [0.2, 0.25) is 10.0 Å². The van der Waals surface area contributed by atoms with Gasteiger partial charge in [-0.3, -0.25) is 0 Å². The van der Waals surface area contributed by atoms with Crippen molar-refractivity contribution in [2.24, 2.45) is 5.92 Å². The van der Waals surface area contributed by atoms with Gasteiger partial charge in [-0.2, -0.15) is 0 Å². The van der Waals surface area contributed by atoms with E-state index in [-0.39, 0.29) is 17.4 Å². The highest BCUT2D eigenvalue weighted by Crippen LogP contribution is 2.31. The number of hydrogen-bond acceptors (Lipinski definition) is 5. The van der Waals surface area contributed by atoms with Gasteiger partial charge in [0, 0.05) is 18.0 Å². The first-order chi connectivity index (χ1) is 8.53. The zero-order valence-corrected chi connectivity index (χ0v) is 12.8. The Hall–Kier alpha value is 0.01000. The maximum Gasteiger partial charge on any atom is 0.242 e. The van der Waals surface area contributed by atoms with Crippen molar-refractivity contribution in [2.45, 2.75) is 17.9 Å². The molecule has 1 atom stereocenters. The molecular weight excluding hydrogens is 342 g/mol. The highest BCUT2D eigenvalue weighted by Gasteiger charge is 2.23. The molecule has 2 N–H and O–H groups in total. The number of aliphatic hydroxyl groups excluding tert-OH is 1. The van der Waals surface area contributed by atoms with Gasteiger partial charge >= 0.3 is 0 Å². The molecule has 0 bridgehead atoms. The lowest BCUT2D eigenvalue weighted by atomic mass is 10.1. The zero-order valence-electron chi connectivity index (χ0n) is 9.56. The van der Waals surface area contributed by atoms with Crippen LogP contribution in [0.15, 0.2) is 14.7 Å². The Morgan fingerprint density at radius 3 is 2.94 bits per heavy atom. The predicted molar refractivity (Wildman–Crippen MR) is 72.1 cm³/mol. The first-order valence-corrected chi connectivity index (χ1v) is 8.58. The fraction of sp³-hybridized carbons (Fsp3) is 0.600. The van der Waals surface area contributed by atoms with Gasteiger partial charge in [0.15, 0.2) is 0 Å². The van der Waals surface area contributed by atoms with Crippen molar-refractivity contribution in [1.29, 1.82) is 0 Å². The van der Waals surface area contributed by atoms with Crippen LogP contribution < -0.4 is 4.72 Å². The lowest BCUT2D eigenvalue weighted by Gasteiger charge is -2.09. The second-order valence-electron chi connectivity index (χ2n) is 4.09. The van der Waals surface area contributed by atoms with Gasteiger partial charge in [-0.05, 0) is 34.3 Å². The van der Waals surface area contributed by atoms with E-state index in [0.29, 0.717) is 28.4 Å². The molecule has 102 valence electrons. The summed E-state index contributed by atoms with van der Waals surface area (Å²) in [6.45, 7) is 1.53. The number of thiophene rings is 1. The van der Waals surface area contributed by atoms with Crippen LogP contribution in [-0.4, -0.2) is 33.3 Å². The molecule has 8 heteroatoms. The van der Waals surface area contributed by atoms with E-state index in [9.17, 15) is 8.42 Å². The van der Waals surface area contributed by atoms with Crippen LogP contribution in [0.25, 0.3) is 0 Å². The number of hydrogen-bond donors (Lipinski definition) is 2. The maximum atomic E-state index is 12.1. The molecule has 1 fully saturated rings. The normalized spacial score (nSPS) is 20.4. The first-order valence-electron chi connectivity index (χ1n) is 5.49. The van der Waals surface area contributed by atoms with Crippen LogP contribution in [-0.2, 0) is 21.4 Å². The molecule has 2 rings (SSSR count). The van der Waals surface area contributed by atoms with Gasteiger partial charge in [0.05, 0.1) is 17.0 Å². The summed E-state index contributed by atoms with van der Waals surface area (Å²) >= 11 is 4.43. The molecule has 1 saturated heterocycles. The summed E-state index contributed by atoms with van der Waals surface area (Å²) in [5.41, 5.74) is 0. The van der Waals surface area contributed by atoms with Gasteiger partial charge in [0.25, 0.3) is 0 Å². The molecule has 0 aromatic carbocycles. The third-order valence-electron chi connectivity index (χ3n) is 2.74. The Morgan fingerprint density at radius 1 is 1.61 bits per heavy atom. The third kappa shape index (κ3) is 3.31. The van der Waals surface area contributed by atoms with Crippen molar-refractivity contribution < 1.29 is 18.3 Å². The summed E-state index contributed by atoms with van der Waals surface area (Å²) in [7, 11) is -3.52. The van der Waals surface area contributed by atoms with E-state index in [2.05, 4.69) is 20.7 Å². The average molecular weight is 356 g/mol. The molecule has 0 radical (unpaired) electrons. The van der Waals surface area contributed by atoms with E-state index in [1.807, 2.05) is 0 Å². The summed E-state index contributed by atoms with van der Waals surface area (Å²) in [5, 5.41) is 9.00. The van der Waals surface area contributed by atoms with Crippen LogP contribution in [0.5, 0.6) is 0 Å². The standard InChI is InChI=1S/C10H14BrNO4S2/c11-10-9(3-8(5-13)17-10)18(14,15)12-4-7-1-2-16-6-7/h3,7,12-13H,1-2,4-6H2. The highest BCUT2D eigenvalue weighted by molar-refractivity contribution is 9.11. The summed E-state index contributed by atoms with van der Waals surface area (Å²) in [4.78, 5) is 0.807. The molecule has 0 saturated carbocycles. The molecular formula is C10H14BrNO4S2. The summed E-state index contributed by atoms with van der Waals surface area (Å²) in [6, 6.07) is 1.49. The van der Waals surface area contributed by atoms with E-state index in [1.54, 1.807) is 0 Å². The third-order valence-corrected chi connectivity index (χ3v) is 6.40. The quantitative estimate of drug-likeness (QED) is 0.834. The number of aliphatic hydroxyl groups is 1. The molecule has 18 heavy (non-hydrogen) atoms. The lowest BCUT2D eigenvalue weighted by molar-refractivity contribution is 0.186. The SMILES string of the molecule is O=S(=O)(NCC1CCOC1)c1cc(CO)sc1Br. The van der Waals surface area contributed by atoms with Crippen molar-refractivity contribution in [3.05, 3.63) is 14.7 Å². The molecule has 1 aliphatic rings. The second kappa shape index (κ2) is 5.98. The number of rotatable bonds is 5. The van der Waals surface area contributed by atoms with Crippen molar-refractivity contribution in [3.63, 3.8) is 0 Å². The molecule has 1 aromatic heterocycles. The van der Waals surface area contributed by atoms with Crippen LogP contribution in [0.1, 0.15) is 11.3 Å². The van der Waals surface area contributed by atoms with Crippen molar-refractivity contribution in [3.8, 4) is 0 Å². The van der Waals surface area contributed by atoms with Crippen LogP contribution in [0, 0.1) is 5.92 Å². The number of halogens is 1. The minimum atomic E-state index is -3.52. The smallest absolute Gasteiger partial charge is 0.242 e. The van der Waals surface area contributed by atoms with Crippen LogP contribution in [0.4, 0.5) is 0 Å². The van der Waals surface area contributed by atoms with Crippen LogP contribution in [0.2, 0.25) is 0 Å². The first kappa shape index (κ1) is 14.4. The summed E-state index contributed by atoms with van der Waals surface area (Å²) < 4.78 is 32.5. The Labute approximate surface area is 118 Å². The average Bonchev–Trinajstić information content (AvgIpc) is 2.95. The van der Waals surface area contributed by atoms with E-state index in [4.69, 9.17) is 9.84 Å². The van der Waals surface area contributed by atoms with Crippen molar-refractivity contribution >= 4 is 37.3 Å². The molecule has 0 amide bonds. The predicted octanol–water partition coefficient (Wildman–Crippen LogP) is 1.32. The molecule has 1 aromatic rings. The van der Waals surface area contributed by atoms with Crippen LogP contribution >= 0.6 is 27.3 Å².